The maximum Gasteiger partial charge on any atom is 0.309 e. The summed E-state index contributed by atoms with van der Waals surface area (Å²) >= 11 is 7.98. The van der Waals surface area contributed by atoms with Crippen molar-refractivity contribution in [2.24, 2.45) is 5.16 Å². The number of esters is 1. The maximum absolute atomic E-state index is 11.4. The van der Waals surface area contributed by atoms with Gasteiger partial charge in [0, 0.05) is 21.8 Å². The standard InChI is InChI=1S/C25H32ClNO5S/c1-4-7-19-22(11-10-18(25(19)29)21(27-30)8-5-2)32-13-6-14-33-23-12-9-17(15-20(23)26)16-24(28)31-3/h9-12,15,29-30H,4-8,13-14,16H2,1-3H3/b27-21+. The molecule has 2 N–H and O–H groups in total. The van der Waals surface area contributed by atoms with Gasteiger partial charge in [-0.3, -0.25) is 4.79 Å². The fourth-order valence-electron chi connectivity index (χ4n) is 3.39. The van der Waals surface area contributed by atoms with Gasteiger partial charge in [-0.05, 0) is 49.1 Å². The Kier molecular flexibility index (Phi) is 11.4. The molecule has 0 bridgehead atoms. The van der Waals surface area contributed by atoms with Crippen molar-refractivity contribution in [1.82, 2.24) is 0 Å². The average Bonchev–Trinajstić information content (AvgIpc) is 2.80. The summed E-state index contributed by atoms with van der Waals surface area (Å²) in [5, 5.41) is 24.1. The van der Waals surface area contributed by atoms with Crippen LogP contribution >= 0.6 is 23.4 Å². The lowest BCUT2D eigenvalue weighted by molar-refractivity contribution is -0.139. The number of carbonyl (C=O) groups excluding carboxylic acids is 1. The van der Waals surface area contributed by atoms with Crippen LogP contribution in [0.1, 0.15) is 56.2 Å². The number of halogens is 1. The van der Waals surface area contributed by atoms with E-state index >= 15 is 0 Å². The number of carbonyl (C=O) groups is 1. The van der Waals surface area contributed by atoms with Crippen LogP contribution in [0.15, 0.2) is 40.4 Å². The molecule has 0 saturated carbocycles. The van der Waals surface area contributed by atoms with Crippen LogP contribution in [0.2, 0.25) is 5.02 Å². The number of phenols is 1. The Labute approximate surface area is 204 Å². The van der Waals surface area contributed by atoms with E-state index < -0.39 is 0 Å². The molecule has 8 heteroatoms. The fraction of sp³-hybridized carbons (Fsp3) is 0.440. The highest BCUT2D eigenvalue weighted by Crippen LogP contribution is 2.34. The van der Waals surface area contributed by atoms with Crippen LogP contribution in [-0.2, 0) is 22.4 Å². The molecule has 0 aliphatic rings. The van der Waals surface area contributed by atoms with Crippen molar-refractivity contribution in [3.8, 4) is 11.5 Å². The van der Waals surface area contributed by atoms with E-state index in [0.29, 0.717) is 41.5 Å². The van der Waals surface area contributed by atoms with Crippen molar-refractivity contribution in [3.63, 3.8) is 0 Å². The van der Waals surface area contributed by atoms with E-state index in [2.05, 4.69) is 9.89 Å². The van der Waals surface area contributed by atoms with Gasteiger partial charge in [-0.2, -0.15) is 0 Å². The van der Waals surface area contributed by atoms with Gasteiger partial charge in [-0.15, -0.1) is 11.8 Å². The third-order valence-corrected chi connectivity index (χ3v) is 6.62. The monoisotopic (exact) mass is 493 g/mol. The van der Waals surface area contributed by atoms with E-state index in [9.17, 15) is 15.1 Å². The van der Waals surface area contributed by atoms with Gasteiger partial charge in [0.1, 0.15) is 11.5 Å². The molecule has 0 fully saturated rings. The minimum atomic E-state index is -0.296. The third kappa shape index (κ3) is 7.86. The van der Waals surface area contributed by atoms with Crippen LogP contribution < -0.4 is 4.74 Å². The Morgan fingerprint density at radius 2 is 1.97 bits per heavy atom. The van der Waals surface area contributed by atoms with Crippen LogP contribution in [-0.4, -0.2) is 41.5 Å². The van der Waals surface area contributed by atoms with Crippen molar-refractivity contribution in [2.75, 3.05) is 19.5 Å². The molecular weight excluding hydrogens is 462 g/mol. The quantitative estimate of drug-likeness (QED) is 0.0855. The molecule has 0 heterocycles. The van der Waals surface area contributed by atoms with E-state index in [1.54, 1.807) is 23.9 Å². The molecule has 0 unspecified atom stereocenters. The molecule has 0 aliphatic heterocycles. The van der Waals surface area contributed by atoms with Crippen LogP contribution in [0, 0.1) is 0 Å². The number of ether oxygens (including phenoxy) is 2. The first-order valence-corrected chi connectivity index (χ1v) is 12.5. The largest absolute Gasteiger partial charge is 0.507 e. The van der Waals surface area contributed by atoms with Crippen molar-refractivity contribution in [3.05, 3.63) is 52.0 Å². The molecular formula is C25H32ClNO5S. The Morgan fingerprint density at radius 1 is 1.18 bits per heavy atom. The molecule has 0 aromatic heterocycles. The number of benzene rings is 2. The number of hydrogen-bond acceptors (Lipinski definition) is 7. The van der Waals surface area contributed by atoms with Crippen LogP contribution in [0.3, 0.4) is 0 Å². The molecule has 6 nitrogen and oxygen atoms in total. The molecule has 0 spiro atoms. The molecule has 2 aromatic carbocycles. The third-order valence-electron chi connectivity index (χ3n) is 5.03. The van der Waals surface area contributed by atoms with E-state index in [-0.39, 0.29) is 18.1 Å². The van der Waals surface area contributed by atoms with Crippen molar-refractivity contribution in [1.29, 1.82) is 0 Å². The summed E-state index contributed by atoms with van der Waals surface area (Å²) in [4.78, 5) is 12.4. The number of thioether (sulfide) groups is 1. The van der Waals surface area contributed by atoms with Gasteiger partial charge in [0.2, 0.25) is 0 Å². The lowest BCUT2D eigenvalue weighted by Crippen LogP contribution is -2.06. The topological polar surface area (TPSA) is 88.4 Å². The number of nitrogens with zero attached hydrogens (tertiary/aromatic N) is 1. The van der Waals surface area contributed by atoms with Crippen LogP contribution in [0.4, 0.5) is 0 Å². The second-order valence-corrected chi connectivity index (χ2v) is 9.10. The molecule has 2 rings (SSSR count). The molecule has 180 valence electrons. The van der Waals surface area contributed by atoms with E-state index in [1.165, 1.54) is 7.11 Å². The number of aromatic hydroxyl groups is 1. The molecule has 0 amide bonds. The molecule has 0 radical (unpaired) electrons. The number of methoxy groups -OCH3 is 1. The SMILES string of the molecule is CCC/C(=N\O)c1ccc(OCCCSc2ccc(CC(=O)OC)cc2Cl)c(CCC)c1O. The molecule has 0 aliphatic carbocycles. The highest BCUT2D eigenvalue weighted by Gasteiger charge is 2.17. The maximum atomic E-state index is 11.4. The molecule has 33 heavy (non-hydrogen) atoms. The Morgan fingerprint density at radius 3 is 2.61 bits per heavy atom. The second kappa shape index (κ2) is 14.0. The average molecular weight is 494 g/mol. The molecule has 0 atom stereocenters. The lowest BCUT2D eigenvalue weighted by Gasteiger charge is -2.16. The minimum absolute atomic E-state index is 0.129. The van der Waals surface area contributed by atoms with Crippen molar-refractivity contribution < 1.29 is 24.6 Å². The van der Waals surface area contributed by atoms with Crippen LogP contribution in [0.25, 0.3) is 0 Å². The first-order chi connectivity index (χ1) is 15.9. The number of oxime groups is 1. The highest BCUT2D eigenvalue weighted by molar-refractivity contribution is 7.99. The first-order valence-electron chi connectivity index (χ1n) is 11.1. The van der Waals surface area contributed by atoms with E-state index in [4.69, 9.17) is 16.3 Å². The summed E-state index contributed by atoms with van der Waals surface area (Å²) in [6, 6.07) is 9.18. The summed E-state index contributed by atoms with van der Waals surface area (Å²) in [7, 11) is 1.37. The summed E-state index contributed by atoms with van der Waals surface area (Å²) < 4.78 is 10.7. The number of hydrogen-bond donors (Lipinski definition) is 2. The summed E-state index contributed by atoms with van der Waals surface area (Å²) in [6.45, 7) is 4.53. The summed E-state index contributed by atoms with van der Waals surface area (Å²) in [5.41, 5.74) is 2.59. The zero-order valence-electron chi connectivity index (χ0n) is 19.4. The van der Waals surface area contributed by atoms with Gasteiger partial charge in [-0.1, -0.05) is 49.5 Å². The molecule has 2 aromatic rings. The Hall–Kier alpha value is -2.38. The second-order valence-electron chi connectivity index (χ2n) is 7.55. The van der Waals surface area contributed by atoms with Gasteiger partial charge >= 0.3 is 5.97 Å². The molecule has 0 saturated heterocycles. The predicted octanol–water partition coefficient (Wildman–Crippen LogP) is 6.25. The summed E-state index contributed by atoms with van der Waals surface area (Å²) in [5.74, 6) is 1.29. The Bertz CT molecular complexity index is 964. The lowest BCUT2D eigenvalue weighted by atomic mass is 9.98. The number of phenolic OH excluding ortho intramolecular Hbond substituents is 1. The predicted molar refractivity (Wildman–Crippen MR) is 133 cm³/mol. The van der Waals surface area contributed by atoms with Gasteiger partial charge in [0.25, 0.3) is 0 Å². The number of rotatable bonds is 13. The van der Waals surface area contributed by atoms with Crippen molar-refractivity contribution in [2.45, 2.75) is 57.3 Å². The zero-order chi connectivity index (χ0) is 24.2. The summed E-state index contributed by atoms with van der Waals surface area (Å²) in [6.07, 6.45) is 3.91. The van der Waals surface area contributed by atoms with E-state index in [1.807, 2.05) is 32.0 Å². The van der Waals surface area contributed by atoms with Crippen molar-refractivity contribution >= 4 is 35.0 Å². The normalized spacial score (nSPS) is 11.5. The minimum Gasteiger partial charge on any atom is -0.507 e. The van der Waals surface area contributed by atoms with Gasteiger partial charge in [0.15, 0.2) is 0 Å². The van der Waals surface area contributed by atoms with Gasteiger partial charge in [-0.25, -0.2) is 0 Å². The fourth-order valence-corrected chi connectivity index (χ4v) is 4.60. The smallest absolute Gasteiger partial charge is 0.309 e. The van der Waals surface area contributed by atoms with Gasteiger partial charge in [0.05, 0.1) is 30.9 Å². The van der Waals surface area contributed by atoms with Crippen LogP contribution in [0.5, 0.6) is 11.5 Å². The Balaban J connectivity index is 1.95. The first kappa shape index (κ1) is 26.9. The van der Waals surface area contributed by atoms with E-state index in [0.717, 1.165) is 41.0 Å². The zero-order valence-corrected chi connectivity index (χ0v) is 21.0. The van der Waals surface area contributed by atoms with Gasteiger partial charge < -0.3 is 19.8 Å². The highest BCUT2D eigenvalue weighted by atomic mass is 35.5.